The monoisotopic (exact) mass is 515 g/mol. The van der Waals surface area contributed by atoms with Gasteiger partial charge >= 0.3 is 5.97 Å². The number of amides is 1. The van der Waals surface area contributed by atoms with Crippen molar-refractivity contribution in [1.29, 1.82) is 0 Å². The van der Waals surface area contributed by atoms with Gasteiger partial charge in [0.25, 0.3) is 5.91 Å². The molecule has 0 saturated carbocycles. The molecule has 6 heteroatoms. The van der Waals surface area contributed by atoms with Crippen LogP contribution in [-0.4, -0.2) is 17.5 Å². The molecule has 132 valence electrons. The van der Waals surface area contributed by atoms with Gasteiger partial charge in [-0.05, 0) is 79.3 Å². The minimum Gasteiger partial charge on any atom is -0.456 e. The van der Waals surface area contributed by atoms with Crippen molar-refractivity contribution in [2.24, 2.45) is 0 Å². The number of benzene rings is 2. The molecule has 1 N–H and O–H groups in total. The van der Waals surface area contributed by atoms with E-state index in [1.54, 1.807) is 18.2 Å². The highest BCUT2D eigenvalue weighted by Crippen LogP contribution is 2.18. The van der Waals surface area contributed by atoms with Crippen molar-refractivity contribution in [3.63, 3.8) is 0 Å². The maximum Gasteiger partial charge on any atom is 0.338 e. The average molecular weight is 516 g/mol. The smallest absolute Gasteiger partial charge is 0.338 e. The zero-order valence-corrected chi connectivity index (χ0v) is 18.0. The number of rotatable bonds is 4. The van der Waals surface area contributed by atoms with E-state index in [4.69, 9.17) is 4.74 Å². The standard InChI is InChI=1S/C19H19BrINO3/c1-19(2,3)25-18(24)13-6-4-12(5-7-13)11-22-17(23)15-10-14(20)8-9-16(15)21/h4-10H,11H2,1-3H3,(H,22,23). The Bertz CT molecular complexity index is 782. The van der Waals surface area contributed by atoms with Gasteiger partial charge in [-0.2, -0.15) is 0 Å². The first-order valence-electron chi connectivity index (χ1n) is 7.71. The van der Waals surface area contributed by atoms with Gasteiger partial charge in [-0.15, -0.1) is 0 Å². The minimum atomic E-state index is -0.523. The third kappa shape index (κ3) is 6.11. The molecule has 0 spiro atoms. The van der Waals surface area contributed by atoms with Gasteiger partial charge in [-0.1, -0.05) is 28.1 Å². The average Bonchev–Trinajstić information content (AvgIpc) is 2.53. The number of carbonyl (C=O) groups is 2. The SMILES string of the molecule is CC(C)(C)OC(=O)c1ccc(CNC(=O)c2cc(Br)ccc2I)cc1. The molecule has 0 atom stereocenters. The molecule has 0 unspecified atom stereocenters. The van der Waals surface area contributed by atoms with Crippen LogP contribution in [0.15, 0.2) is 46.9 Å². The summed E-state index contributed by atoms with van der Waals surface area (Å²) in [7, 11) is 0. The molecule has 0 fully saturated rings. The lowest BCUT2D eigenvalue weighted by molar-refractivity contribution is 0.00694. The summed E-state index contributed by atoms with van der Waals surface area (Å²) in [6.45, 7) is 5.88. The molecule has 2 aromatic rings. The molecule has 4 nitrogen and oxygen atoms in total. The van der Waals surface area contributed by atoms with E-state index in [2.05, 4.69) is 43.8 Å². The molecule has 25 heavy (non-hydrogen) atoms. The molecular weight excluding hydrogens is 497 g/mol. The third-order valence-electron chi connectivity index (χ3n) is 3.21. The van der Waals surface area contributed by atoms with Crippen LogP contribution in [0.2, 0.25) is 0 Å². The number of ether oxygens (including phenoxy) is 1. The molecule has 0 aromatic heterocycles. The van der Waals surface area contributed by atoms with Crippen molar-refractivity contribution in [1.82, 2.24) is 5.32 Å². The summed E-state index contributed by atoms with van der Waals surface area (Å²) in [5.41, 5.74) is 1.50. The van der Waals surface area contributed by atoms with Crippen LogP contribution in [0.1, 0.15) is 47.1 Å². The van der Waals surface area contributed by atoms with E-state index < -0.39 is 5.60 Å². The fourth-order valence-electron chi connectivity index (χ4n) is 2.04. The van der Waals surface area contributed by atoms with Crippen LogP contribution in [-0.2, 0) is 11.3 Å². The highest BCUT2D eigenvalue weighted by atomic mass is 127. The lowest BCUT2D eigenvalue weighted by Gasteiger charge is -2.19. The molecule has 0 bridgehead atoms. The Morgan fingerprint density at radius 2 is 1.76 bits per heavy atom. The second kappa shape index (κ2) is 8.31. The number of esters is 1. The Kier molecular flexibility index (Phi) is 6.62. The summed E-state index contributed by atoms with van der Waals surface area (Å²) < 4.78 is 7.08. The molecule has 2 rings (SSSR count). The van der Waals surface area contributed by atoms with Gasteiger partial charge in [0.2, 0.25) is 0 Å². The molecule has 0 aliphatic carbocycles. The molecule has 0 aliphatic rings. The molecular formula is C19H19BrINO3. The first-order valence-corrected chi connectivity index (χ1v) is 9.58. The summed E-state index contributed by atoms with van der Waals surface area (Å²) in [5.74, 6) is -0.492. The fourth-order valence-corrected chi connectivity index (χ4v) is 2.99. The van der Waals surface area contributed by atoms with Crippen molar-refractivity contribution >= 4 is 50.4 Å². The Labute approximate surface area is 169 Å². The van der Waals surface area contributed by atoms with Gasteiger partial charge in [0, 0.05) is 14.6 Å². The summed E-state index contributed by atoms with van der Waals surface area (Å²) in [6, 6.07) is 12.6. The van der Waals surface area contributed by atoms with Crippen LogP contribution in [0.3, 0.4) is 0 Å². The van der Waals surface area contributed by atoms with Crippen molar-refractivity contribution in [3.8, 4) is 0 Å². The van der Waals surface area contributed by atoms with Crippen LogP contribution in [0.5, 0.6) is 0 Å². The quantitative estimate of drug-likeness (QED) is 0.463. The number of hydrogen-bond donors (Lipinski definition) is 1. The predicted molar refractivity (Wildman–Crippen MR) is 110 cm³/mol. The van der Waals surface area contributed by atoms with Gasteiger partial charge in [0.05, 0.1) is 11.1 Å². The number of carbonyl (C=O) groups excluding carboxylic acids is 2. The lowest BCUT2D eigenvalue weighted by Crippen LogP contribution is -2.24. The van der Waals surface area contributed by atoms with Gasteiger partial charge in [-0.25, -0.2) is 4.79 Å². The molecule has 0 heterocycles. The molecule has 1 amide bonds. The number of nitrogens with one attached hydrogen (secondary N) is 1. The first kappa shape index (κ1) is 19.9. The van der Waals surface area contributed by atoms with Crippen LogP contribution < -0.4 is 5.32 Å². The zero-order valence-electron chi connectivity index (χ0n) is 14.2. The Hall–Kier alpha value is -1.41. The van der Waals surface area contributed by atoms with Crippen molar-refractivity contribution < 1.29 is 14.3 Å². The number of halogens is 2. The Balaban J connectivity index is 1.99. The van der Waals surface area contributed by atoms with E-state index in [0.717, 1.165) is 13.6 Å². The van der Waals surface area contributed by atoms with Crippen molar-refractivity contribution in [2.75, 3.05) is 0 Å². The summed E-state index contributed by atoms with van der Waals surface area (Å²) >= 11 is 5.51. The number of hydrogen-bond acceptors (Lipinski definition) is 3. The largest absolute Gasteiger partial charge is 0.456 e. The van der Waals surface area contributed by atoms with E-state index in [9.17, 15) is 9.59 Å². The van der Waals surface area contributed by atoms with Crippen LogP contribution in [0, 0.1) is 3.57 Å². The topological polar surface area (TPSA) is 55.4 Å². The maximum absolute atomic E-state index is 12.3. The fraction of sp³-hybridized carbons (Fsp3) is 0.263. The molecule has 0 radical (unpaired) electrons. The van der Waals surface area contributed by atoms with Gasteiger partial charge < -0.3 is 10.1 Å². The van der Waals surface area contributed by atoms with E-state index in [-0.39, 0.29) is 11.9 Å². The predicted octanol–water partition coefficient (Wildman–Crippen LogP) is 4.94. The molecule has 2 aromatic carbocycles. The van der Waals surface area contributed by atoms with Crippen LogP contribution in [0.4, 0.5) is 0 Å². The van der Waals surface area contributed by atoms with Crippen molar-refractivity contribution in [3.05, 3.63) is 67.2 Å². The van der Waals surface area contributed by atoms with Crippen molar-refractivity contribution in [2.45, 2.75) is 32.9 Å². The zero-order chi connectivity index (χ0) is 18.6. The van der Waals surface area contributed by atoms with Crippen LogP contribution >= 0.6 is 38.5 Å². The van der Waals surface area contributed by atoms with E-state index in [1.807, 2.05) is 45.0 Å². The summed E-state index contributed by atoms with van der Waals surface area (Å²) in [4.78, 5) is 24.3. The molecule has 0 saturated heterocycles. The third-order valence-corrected chi connectivity index (χ3v) is 4.65. The Morgan fingerprint density at radius 3 is 2.36 bits per heavy atom. The van der Waals surface area contributed by atoms with Crippen LogP contribution in [0.25, 0.3) is 0 Å². The molecule has 0 aliphatic heterocycles. The lowest BCUT2D eigenvalue weighted by atomic mass is 10.1. The highest BCUT2D eigenvalue weighted by Gasteiger charge is 2.17. The van der Waals surface area contributed by atoms with E-state index >= 15 is 0 Å². The van der Waals surface area contributed by atoms with E-state index in [1.165, 1.54) is 0 Å². The van der Waals surface area contributed by atoms with Gasteiger partial charge in [0.1, 0.15) is 5.60 Å². The highest BCUT2D eigenvalue weighted by molar-refractivity contribution is 14.1. The Morgan fingerprint density at radius 1 is 1.12 bits per heavy atom. The second-order valence-electron chi connectivity index (χ2n) is 6.51. The van der Waals surface area contributed by atoms with E-state index in [0.29, 0.717) is 17.7 Å². The maximum atomic E-state index is 12.3. The summed E-state index contributed by atoms with van der Waals surface area (Å²) in [5, 5.41) is 2.89. The second-order valence-corrected chi connectivity index (χ2v) is 8.58. The summed E-state index contributed by atoms with van der Waals surface area (Å²) in [6.07, 6.45) is 0. The normalized spacial score (nSPS) is 11.1. The van der Waals surface area contributed by atoms with Gasteiger partial charge in [-0.3, -0.25) is 4.79 Å². The first-order chi connectivity index (χ1) is 11.7. The minimum absolute atomic E-state index is 0.137. The van der Waals surface area contributed by atoms with Gasteiger partial charge in [0.15, 0.2) is 0 Å².